The topological polar surface area (TPSA) is 80.8 Å². The van der Waals surface area contributed by atoms with Crippen molar-refractivity contribution >= 4 is 28.0 Å². The molecule has 4 rings (SSSR count). The van der Waals surface area contributed by atoms with Gasteiger partial charge in [0, 0.05) is 56.4 Å². The highest BCUT2D eigenvalue weighted by Gasteiger charge is 2.19. The van der Waals surface area contributed by atoms with Crippen LogP contribution in [0.3, 0.4) is 0 Å². The van der Waals surface area contributed by atoms with E-state index in [1.807, 2.05) is 7.05 Å². The van der Waals surface area contributed by atoms with Crippen LogP contribution in [0, 0.1) is 10.7 Å². The summed E-state index contributed by atoms with van der Waals surface area (Å²) in [6.07, 6.45) is 1.66. The molecule has 2 heterocycles. The number of nitrogens with zero attached hydrogens (tertiary/aromatic N) is 3. The minimum Gasteiger partial charge on any atom is -0.387 e. The van der Waals surface area contributed by atoms with Crippen LogP contribution in [0.4, 0.5) is 21.5 Å². The van der Waals surface area contributed by atoms with Gasteiger partial charge in [-0.15, -0.1) is 4.91 Å². The van der Waals surface area contributed by atoms with Gasteiger partial charge in [0.15, 0.2) is 5.82 Å². The van der Waals surface area contributed by atoms with Crippen LogP contribution in [0.2, 0.25) is 0 Å². The fraction of sp³-hybridized carbons (Fsp3) is 0.375. The minimum absolute atomic E-state index is 0.0301. The van der Waals surface area contributed by atoms with Crippen molar-refractivity contribution < 1.29 is 4.39 Å². The molecule has 7 nitrogen and oxygen atoms in total. The van der Waals surface area contributed by atoms with Gasteiger partial charge in [0.2, 0.25) is 0 Å². The first-order valence-corrected chi connectivity index (χ1v) is 11.0. The molecule has 1 saturated heterocycles. The summed E-state index contributed by atoms with van der Waals surface area (Å²) in [6, 6.07) is 10.8. The Bertz CT molecular complexity index is 1180. The van der Waals surface area contributed by atoms with Crippen LogP contribution >= 0.6 is 0 Å². The zero-order valence-electron chi connectivity index (χ0n) is 18.4. The second-order valence-electron chi connectivity index (χ2n) is 8.18. The molecule has 0 amide bonds. The van der Waals surface area contributed by atoms with E-state index in [1.165, 1.54) is 12.1 Å². The summed E-state index contributed by atoms with van der Waals surface area (Å²) >= 11 is 0. The van der Waals surface area contributed by atoms with E-state index >= 15 is 0 Å². The van der Waals surface area contributed by atoms with Crippen LogP contribution < -0.4 is 15.8 Å². The van der Waals surface area contributed by atoms with E-state index in [-0.39, 0.29) is 11.2 Å². The fourth-order valence-electron chi connectivity index (χ4n) is 4.45. The molecule has 0 spiro atoms. The second kappa shape index (κ2) is 9.48. The van der Waals surface area contributed by atoms with E-state index in [0.29, 0.717) is 0 Å². The number of anilines is 2. The van der Waals surface area contributed by atoms with E-state index < -0.39 is 5.82 Å². The number of halogens is 1. The van der Waals surface area contributed by atoms with Crippen molar-refractivity contribution in [3.8, 4) is 0 Å². The van der Waals surface area contributed by atoms with Crippen LogP contribution in [0.1, 0.15) is 24.5 Å². The quantitative estimate of drug-likeness (QED) is 0.536. The zero-order valence-corrected chi connectivity index (χ0v) is 18.4. The Labute approximate surface area is 186 Å². The highest BCUT2D eigenvalue weighted by molar-refractivity contribution is 5.93. The number of benzene rings is 2. The predicted molar refractivity (Wildman–Crippen MR) is 127 cm³/mol. The Kier molecular flexibility index (Phi) is 6.50. The number of nitrogens with one attached hydrogen (secondary N) is 2. The molecule has 2 N–H and O–H groups in total. The predicted octanol–water partition coefficient (Wildman–Crippen LogP) is 4.38. The first-order valence-electron chi connectivity index (χ1n) is 11.0. The summed E-state index contributed by atoms with van der Waals surface area (Å²) in [5.41, 5.74) is 4.27. The number of hydrogen-bond donors (Lipinski definition) is 2. The Morgan fingerprint density at radius 2 is 1.91 bits per heavy atom. The Balaban J connectivity index is 1.46. The molecule has 1 aliphatic rings. The molecule has 0 saturated carbocycles. The molecule has 2 aromatic carbocycles. The summed E-state index contributed by atoms with van der Waals surface area (Å²) in [5.74, 6) is -0.590. The number of H-pyrrole nitrogens is 1. The lowest BCUT2D eigenvalue weighted by Crippen LogP contribution is -2.46. The smallest absolute Gasteiger partial charge is 0.253 e. The number of piperazine rings is 1. The van der Waals surface area contributed by atoms with Crippen molar-refractivity contribution in [3.63, 3.8) is 0 Å². The molecule has 0 radical (unpaired) electrons. The summed E-state index contributed by atoms with van der Waals surface area (Å²) in [4.78, 5) is 30.7. The minimum atomic E-state index is -0.590. The summed E-state index contributed by atoms with van der Waals surface area (Å²) in [6.45, 7) is 6.05. The lowest BCUT2D eigenvalue weighted by Gasteiger charge is -2.36. The number of pyridine rings is 1. The molecule has 1 aliphatic heterocycles. The molecular weight excluding hydrogens is 409 g/mol. The van der Waals surface area contributed by atoms with Gasteiger partial charge in [0.1, 0.15) is 5.69 Å². The lowest BCUT2D eigenvalue weighted by atomic mass is 10.0. The Morgan fingerprint density at radius 3 is 2.56 bits per heavy atom. The first-order chi connectivity index (χ1) is 15.5. The normalized spacial score (nSPS) is 14.7. The third-order valence-electron chi connectivity index (χ3n) is 6.10. The van der Waals surface area contributed by atoms with Crippen molar-refractivity contribution in [2.24, 2.45) is 5.18 Å². The van der Waals surface area contributed by atoms with Gasteiger partial charge in [-0.3, -0.25) is 9.69 Å². The third-order valence-corrected chi connectivity index (χ3v) is 6.10. The molecule has 1 fully saturated rings. The maximum Gasteiger partial charge on any atom is 0.253 e. The van der Waals surface area contributed by atoms with Gasteiger partial charge in [-0.05, 0) is 41.4 Å². The van der Waals surface area contributed by atoms with Crippen LogP contribution in [-0.2, 0) is 13.0 Å². The van der Waals surface area contributed by atoms with E-state index in [4.69, 9.17) is 0 Å². The molecule has 0 aliphatic carbocycles. The highest BCUT2D eigenvalue weighted by Crippen LogP contribution is 2.27. The SMILES string of the molecule is CCCc1c(NC)c2ccc(CN3CCN(c4ccc(N=O)c(F)c4)CC3)cc2[nH]c1=O. The monoisotopic (exact) mass is 437 g/mol. The van der Waals surface area contributed by atoms with Gasteiger partial charge in [0.25, 0.3) is 5.56 Å². The number of rotatable bonds is 7. The van der Waals surface area contributed by atoms with E-state index in [9.17, 15) is 14.1 Å². The van der Waals surface area contributed by atoms with Crippen molar-refractivity contribution in [2.75, 3.05) is 43.4 Å². The van der Waals surface area contributed by atoms with Gasteiger partial charge in [-0.2, -0.15) is 0 Å². The van der Waals surface area contributed by atoms with Gasteiger partial charge in [-0.25, -0.2) is 4.39 Å². The van der Waals surface area contributed by atoms with Gasteiger partial charge >= 0.3 is 0 Å². The van der Waals surface area contributed by atoms with Crippen LogP contribution in [0.25, 0.3) is 10.9 Å². The van der Waals surface area contributed by atoms with E-state index in [0.717, 1.165) is 79.0 Å². The summed E-state index contributed by atoms with van der Waals surface area (Å²) in [5, 5.41) is 6.93. The lowest BCUT2D eigenvalue weighted by molar-refractivity contribution is 0.250. The molecular formula is C24H28FN5O2. The largest absolute Gasteiger partial charge is 0.387 e. The van der Waals surface area contributed by atoms with Gasteiger partial charge < -0.3 is 15.2 Å². The van der Waals surface area contributed by atoms with E-state index in [2.05, 4.69) is 50.4 Å². The van der Waals surface area contributed by atoms with E-state index in [1.54, 1.807) is 6.07 Å². The Morgan fingerprint density at radius 1 is 1.12 bits per heavy atom. The zero-order chi connectivity index (χ0) is 22.7. The average molecular weight is 438 g/mol. The van der Waals surface area contributed by atoms with Crippen molar-refractivity contribution in [2.45, 2.75) is 26.3 Å². The molecule has 8 heteroatoms. The number of nitroso groups, excluding NO2 is 1. The molecule has 32 heavy (non-hydrogen) atoms. The molecule has 168 valence electrons. The number of hydrogen-bond acceptors (Lipinski definition) is 6. The summed E-state index contributed by atoms with van der Waals surface area (Å²) in [7, 11) is 1.86. The molecule has 0 unspecified atom stereocenters. The molecule has 0 atom stereocenters. The third kappa shape index (κ3) is 4.36. The van der Waals surface area contributed by atoms with Crippen molar-refractivity contribution in [1.82, 2.24) is 9.88 Å². The van der Waals surface area contributed by atoms with Crippen LogP contribution in [0.5, 0.6) is 0 Å². The Hall–Kier alpha value is -3.26. The number of aromatic nitrogens is 1. The number of aromatic amines is 1. The number of fused-ring (bicyclic) bond motifs is 1. The fourth-order valence-corrected chi connectivity index (χ4v) is 4.45. The average Bonchev–Trinajstić information content (AvgIpc) is 2.80. The van der Waals surface area contributed by atoms with Gasteiger partial charge in [-0.1, -0.05) is 25.5 Å². The maximum absolute atomic E-state index is 13.9. The first kappa shape index (κ1) is 22.0. The van der Waals surface area contributed by atoms with Crippen molar-refractivity contribution in [1.29, 1.82) is 0 Å². The van der Waals surface area contributed by atoms with Crippen LogP contribution in [0.15, 0.2) is 46.4 Å². The second-order valence-corrected chi connectivity index (χ2v) is 8.18. The molecule has 1 aromatic heterocycles. The van der Waals surface area contributed by atoms with Crippen LogP contribution in [-0.4, -0.2) is 43.1 Å². The maximum atomic E-state index is 13.9. The molecule has 3 aromatic rings. The highest BCUT2D eigenvalue weighted by atomic mass is 19.1. The standard InChI is InChI=1S/C24H28FN5O2/c1-3-4-19-23(26-2)18-7-5-16(13-22(18)27-24(19)31)15-29-9-11-30(12-10-29)17-6-8-21(28-32)20(25)14-17/h5-8,13-14H,3-4,9-12,15H2,1-2H3,(H2,26,27,31). The molecule has 0 bridgehead atoms. The van der Waals surface area contributed by atoms with Crippen molar-refractivity contribution in [3.05, 3.63) is 68.6 Å². The summed E-state index contributed by atoms with van der Waals surface area (Å²) < 4.78 is 13.9. The van der Waals surface area contributed by atoms with Gasteiger partial charge in [0.05, 0.1) is 11.2 Å².